The van der Waals surface area contributed by atoms with Gasteiger partial charge in [-0.15, -0.1) is 0 Å². The standard InChI is InChI=1S/C6H10O3/c1-4-2-3-9-6(8)5(4)7/h4-5,7H,2-3H2,1H3. The molecule has 0 aromatic carbocycles. The van der Waals surface area contributed by atoms with Crippen molar-refractivity contribution < 1.29 is 14.6 Å². The van der Waals surface area contributed by atoms with Gasteiger partial charge < -0.3 is 9.84 Å². The Kier molecular flexibility index (Phi) is 1.71. The van der Waals surface area contributed by atoms with E-state index < -0.39 is 12.1 Å². The summed E-state index contributed by atoms with van der Waals surface area (Å²) in [5, 5.41) is 8.97. The third-order valence-electron chi connectivity index (χ3n) is 1.60. The third kappa shape index (κ3) is 1.21. The highest BCUT2D eigenvalue weighted by Crippen LogP contribution is 2.14. The first-order valence-electron chi connectivity index (χ1n) is 3.06. The fraction of sp³-hybridized carbons (Fsp3) is 0.833. The van der Waals surface area contributed by atoms with E-state index in [1.165, 1.54) is 0 Å². The fourth-order valence-electron chi connectivity index (χ4n) is 0.821. The zero-order chi connectivity index (χ0) is 6.85. The van der Waals surface area contributed by atoms with Crippen LogP contribution < -0.4 is 0 Å². The lowest BCUT2D eigenvalue weighted by Crippen LogP contribution is -2.35. The third-order valence-corrected chi connectivity index (χ3v) is 1.60. The van der Waals surface area contributed by atoms with Gasteiger partial charge in [-0.1, -0.05) is 6.92 Å². The minimum atomic E-state index is -0.890. The number of ether oxygens (including phenoxy) is 1. The zero-order valence-electron chi connectivity index (χ0n) is 5.33. The van der Waals surface area contributed by atoms with Crippen LogP contribution in [0.2, 0.25) is 0 Å². The Morgan fingerprint density at radius 2 is 2.44 bits per heavy atom. The number of rotatable bonds is 0. The number of aliphatic hydroxyl groups is 1. The van der Waals surface area contributed by atoms with Gasteiger partial charge in [0.25, 0.3) is 0 Å². The smallest absolute Gasteiger partial charge is 0.335 e. The van der Waals surface area contributed by atoms with Crippen LogP contribution in [0.25, 0.3) is 0 Å². The summed E-state index contributed by atoms with van der Waals surface area (Å²) in [6, 6.07) is 0. The van der Waals surface area contributed by atoms with Gasteiger partial charge in [0.1, 0.15) is 0 Å². The molecule has 0 saturated carbocycles. The van der Waals surface area contributed by atoms with Gasteiger partial charge in [-0.25, -0.2) is 4.79 Å². The molecule has 1 fully saturated rings. The summed E-state index contributed by atoms with van der Waals surface area (Å²) in [7, 11) is 0. The van der Waals surface area contributed by atoms with Crippen molar-refractivity contribution in [2.75, 3.05) is 6.61 Å². The van der Waals surface area contributed by atoms with Gasteiger partial charge in [0.05, 0.1) is 6.61 Å². The highest BCUT2D eigenvalue weighted by molar-refractivity contribution is 5.75. The largest absolute Gasteiger partial charge is 0.464 e. The van der Waals surface area contributed by atoms with Gasteiger partial charge >= 0.3 is 5.97 Å². The molecule has 0 aromatic heterocycles. The zero-order valence-corrected chi connectivity index (χ0v) is 5.33. The molecule has 0 aliphatic carbocycles. The minimum Gasteiger partial charge on any atom is -0.464 e. The molecule has 3 nitrogen and oxygen atoms in total. The molecule has 1 rings (SSSR count). The molecule has 1 N–H and O–H groups in total. The number of aliphatic hydroxyl groups excluding tert-OH is 1. The molecule has 3 heteroatoms. The molecular weight excluding hydrogens is 120 g/mol. The summed E-state index contributed by atoms with van der Waals surface area (Å²) in [4.78, 5) is 10.5. The highest BCUT2D eigenvalue weighted by Gasteiger charge is 2.27. The minimum absolute atomic E-state index is 0.0613. The van der Waals surface area contributed by atoms with Crippen molar-refractivity contribution in [3.05, 3.63) is 0 Å². The second-order valence-corrected chi connectivity index (χ2v) is 2.38. The lowest BCUT2D eigenvalue weighted by atomic mass is 10.00. The number of carbonyl (C=O) groups is 1. The monoisotopic (exact) mass is 130 g/mol. The average Bonchev–Trinajstić information content (AvgIpc) is 1.83. The van der Waals surface area contributed by atoms with Crippen LogP contribution in [-0.2, 0) is 9.53 Å². The maximum atomic E-state index is 10.5. The Hall–Kier alpha value is -0.570. The van der Waals surface area contributed by atoms with Gasteiger partial charge in [-0.3, -0.25) is 0 Å². The van der Waals surface area contributed by atoms with Crippen molar-refractivity contribution in [1.82, 2.24) is 0 Å². The van der Waals surface area contributed by atoms with Crippen LogP contribution in [0.5, 0.6) is 0 Å². The quantitative estimate of drug-likeness (QED) is 0.467. The van der Waals surface area contributed by atoms with E-state index in [1.54, 1.807) is 0 Å². The first-order valence-corrected chi connectivity index (χ1v) is 3.06. The van der Waals surface area contributed by atoms with Crippen molar-refractivity contribution in [3.8, 4) is 0 Å². The lowest BCUT2D eigenvalue weighted by molar-refractivity contribution is -0.163. The number of esters is 1. The highest BCUT2D eigenvalue weighted by atomic mass is 16.5. The van der Waals surface area contributed by atoms with Gasteiger partial charge in [-0.05, 0) is 12.3 Å². The number of hydrogen-bond donors (Lipinski definition) is 1. The molecule has 2 atom stereocenters. The summed E-state index contributed by atoms with van der Waals surface area (Å²) in [6.45, 7) is 2.29. The van der Waals surface area contributed by atoms with Crippen LogP contribution in [0.1, 0.15) is 13.3 Å². The van der Waals surface area contributed by atoms with Gasteiger partial charge in [-0.2, -0.15) is 0 Å². The van der Waals surface area contributed by atoms with Crippen LogP contribution >= 0.6 is 0 Å². The Morgan fingerprint density at radius 1 is 1.78 bits per heavy atom. The summed E-state index contributed by atoms with van der Waals surface area (Å²) >= 11 is 0. The van der Waals surface area contributed by atoms with E-state index in [9.17, 15) is 4.79 Å². The van der Waals surface area contributed by atoms with Crippen LogP contribution in [0, 0.1) is 5.92 Å². The predicted molar refractivity (Wildman–Crippen MR) is 30.7 cm³/mol. The van der Waals surface area contributed by atoms with Crippen LogP contribution in [-0.4, -0.2) is 23.8 Å². The molecule has 2 unspecified atom stereocenters. The van der Waals surface area contributed by atoms with Crippen LogP contribution in [0.3, 0.4) is 0 Å². The van der Waals surface area contributed by atoms with Crippen molar-refractivity contribution >= 4 is 5.97 Å². The summed E-state index contributed by atoms with van der Waals surface area (Å²) in [5.41, 5.74) is 0. The SMILES string of the molecule is CC1CCOC(=O)C1O. The average molecular weight is 130 g/mol. The number of hydrogen-bond acceptors (Lipinski definition) is 3. The van der Waals surface area contributed by atoms with Crippen molar-refractivity contribution in [2.24, 2.45) is 5.92 Å². The molecule has 52 valence electrons. The van der Waals surface area contributed by atoms with Gasteiger partial charge in [0, 0.05) is 0 Å². The Balaban J connectivity index is 2.51. The van der Waals surface area contributed by atoms with E-state index in [2.05, 4.69) is 4.74 Å². The topological polar surface area (TPSA) is 46.5 Å². The van der Waals surface area contributed by atoms with E-state index in [0.717, 1.165) is 6.42 Å². The molecule has 9 heavy (non-hydrogen) atoms. The molecule has 0 amide bonds. The van der Waals surface area contributed by atoms with Gasteiger partial charge in [0.15, 0.2) is 6.10 Å². The Morgan fingerprint density at radius 3 is 2.89 bits per heavy atom. The maximum absolute atomic E-state index is 10.5. The first kappa shape index (κ1) is 6.55. The van der Waals surface area contributed by atoms with Crippen LogP contribution in [0.4, 0.5) is 0 Å². The predicted octanol–water partition coefficient (Wildman–Crippen LogP) is -0.0697. The Bertz CT molecular complexity index is 121. The van der Waals surface area contributed by atoms with E-state index in [0.29, 0.717) is 6.61 Å². The molecule has 0 bridgehead atoms. The first-order chi connectivity index (χ1) is 4.22. The molecular formula is C6H10O3. The lowest BCUT2D eigenvalue weighted by Gasteiger charge is -2.22. The van der Waals surface area contributed by atoms with Crippen LogP contribution in [0.15, 0.2) is 0 Å². The molecule has 1 heterocycles. The summed E-state index contributed by atoms with van der Waals surface area (Å²) < 4.78 is 4.57. The molecule has 0 aromatic rings. The fourth-order valence-corrected chi connectivity index (χ4v) is 0.821. The summed E-state index contributed by atoms with van der Waals surface area (Å²) in [5.74, 6) is -0.417. The molecule has 1 aliphatic heterocycles. The number of carbonyl (C=O) groups excluding carboxylic acids is 1. The molecule has 1 aliphatic rings. The molecule has 0 radical (unpaired) electrons. The van der Waals surface area contributed by atoms with Crippen molar-refractivity contribution in [3.63, 3.8) is 0 Å². The normalized spacial score (nSPS) is 36.0. The van der Waals surface area contributed by atoms with E-state index in [1.807, 2.05) is 6.92 Å². The maximum Gasteiger partial charge on any atom is 0.335 e. The molecule has 0 spiro atoms. The second-order valence-electron chi connectivity index (χ2n) is 2.38. The van der Waals surface area contributed by atoms with Crippen molar-refractivity contribution in [2.45, 2.75) is 19.4 Å². The van der Waals surface area contributed by atoms with Crippen molar-refractivity contribution in [1.29, 1.82) is 0 Å². The van der Waals surface area contributed by atoms with E-state index in [4.69, 9.17) is 5.11 Å². The Labute approximate surface area is 53.6 Å². The van der Waals surface area contributed by atoms with E-state index >= 15 is 0 Å². The number of cyclic esters (lactones) is 1. The second kappa shape index (κ2) is 2.35. The summed E-state index contributed by atoms with van der Waals surface area (Å²) in [6.07, 6.45) is -0.119. The van der Waals surface area contributed by atoms with E-state index in [-0.39, 0.29) is 5.92 Å². The van der Waals surface area contributed by atoms with Gasteiger partial charge in [0.2, 0.25) is 0 Å². The molecule has 1 saturated heterocycles.